The van der Waals surface area contributed by atoms with E-state index in [1.165, 1.54) is 43.4 Å². The van der Waals surface area contributed by atoms with Crippen LogP contribution in [0.15, 0.2) is 24.3 Å². The van der Waals surface area contributed by atoms with Gasteiger partial charge in [0.15, 0.2) is 0 Å². The van der Waals surface area contributed by atoms with Gasteiger partial charge in [-0.05, 0) is 56.7 Å². The van der Waals surface area contributed by atoms with Gasteiger partial charge in [-0.25, -0.2) is 0 Å². The lowest BCUT2D eigenvalue weighted by atomic mass is 9.81. The standard InChI is InChI=1S/C15H22N2/c1-11-4-2-5-13(8-11)17-14-6-3-7-15(17)10-12(16)9-14/h2,4-5,8,12,14-15H,3,6-7,9-10,16H2,1H3. The van der Waals surface area contributed by atoms with Crippen molar-refractivity contribution < 1.29 is 0 Å². The van der Waals surface area contributed by atoms with Gasteiger partial charge in [0.05, 0.1) is 0 Å². The molecule has 2 bridgehead atoms. The number of nitrogens with two attached hydrogens (primary N) is 1. The quantitative estimate of drug-likeness (QED) is 0.804. The minimum absolute atomic E-state index is 0.423. The molecule has 2 N–H and O–H groups in total. The molecule has 0 saturated carbocycles. The van der Waals surface area contributed by atoms with Crippen LogP contribution < -0.4 is 10.6 Å². The smallest absolute Gasteiger partial charge is 0.0373 e. The summed E-state index contributed by atoms with van der Waals surface area (Å²) in [6.07, 6.45) is 6.36. The molecule has 0 aliphatic carbocycles. The Bertz CT molecular complexity index is 388. The van der Waals surface area contributed by atoms with Gasteiger partial charge >= 0.3 is 0 Å². The fourth-order valence-electron chi connectivity index (χ4n) is 3.63. The van der Waals surface area contributed by atoms with Crippen molar-refractivity contribution >= 4 is 5.69 Å². The van der Waals surface area contributed by atoms with E-state index in [1.807, 2.05) is 0 Å². The van der Waals surface area contributed by atoms with Gasteiger partial charge in [0, 0.05) is 23.8 Å². The van der Waals surface area contributed by atoms with E-state index in [-0.39, 0.29) is 0 Å². The van der Waals surface area contributed by atoms with Gasteiger partial charge in [0.1, 0.15) is 0 Å². The topological polar surface area (TPSA) is 29.3 Å². The average Bonchev–Trinajstić information content (AvgIpc) is 2.27. The summed E-state index contributed by atoms with van der Waals surface area (Å²) in [6, 6.07) is 10.7. The Morgan fingerprint density at radius 2 is 1.88 bits per heavy atom. The molecule has 2 unspecified atom stereocenters. The van der Waals surface area contributed by atoms with Gasteiger partial charge in [-0.3, -0.25) is 0 Å². The highest BCUT2D eigenvalue weighted by Crippen LogP contribution is 2.37. The number of fused-ring (bicyclic) bond motifs is 2. The van der Waals surface area contributed by atoms with E-state index < -0.39 is 0 Å². The first kappa shape index (κ1) is 11.1. The molecule has 2 fully saturated rings. The van der Waals surface area contributed by atoms with Crippen LogP contribution in [-0.4, -0.2) is 18.1 Å². The fourth-order valence-corrected chi connectivity index (χ4v) is 3.63. The molecule has 2 nitrogen and oxygen atoms in total. The minimum atomic E-state index is 0.423. The second-order valence-electron chi connectivity index (χ2n) is 5.72. The Labute approximate surface area is 104 Å². The van der Waals surface area contributed by atoms with Crippen LogP contribution >= 0.6 is 0 Å². The monoisotopic (exact) mass is 230 g/mol. The maximum Gasteiger partial charge on any atom is 0.0373 e. The summed E-state index contributed by atoms with van der Waals surface area (Å²) >= 11 is 0. The van der Waals surface area contributed by atoms with Gasteiger partial charge in [-0.15, -0.1) is 0 Å². The van der Waals surface area contributed by atoms with E-state index >= 15 is 0 Å². The first-order chi connectivity index (χ1) is 8.24. The Balaban J connectivity index is 1.91. The Morgan fingerprint density at radius 1 is 1.18 bits per heavy atom. The number of rotatable bonds is 1. The molecule has 0 amide bonds. The second kappa shape index (κ2) is 4.34. The Hall–Kier alpha value is -1.02. The highest BCUT2D eigenvalue weighted by atomic mass is 15.2. The molecular weight excluding hydrogens is 208 g/mol. The Morgan fingerprint density at radius 3 is 2.53 bits per heavy atom. The van der Waals surface area contributed by atoms with Crippen molar-refractivity contribution in [3.05, 3.63) is 29.8 Å². The summed E-state index contributed by atoms with van der Waals surface area (Å²) in [5, 5.41) is 0. The molecule has 0 spiro atoms. The lowest BCUT2D eigenvalue weighted by Gasteiger charge is -2.49. The van der Waals surface area contributed by atoms with Crippen LogP contribution in [0.5, 0.6) is 0 Å². The molecule has 1 aromatic rings. The van der Waals surface area contributed by atoms with Crippen LogP contribution in [0.25, 0.3) is 0 Å². The number of benzene rings is 1. The van der Waals surface area contributed by atoms with Crippen LogP contribution in [0, 0.1) is 6.92 Å². The zero-order valence-electron chi connectivity index (χ0n) is 10.6. The summed E-state index contributed by atoms with van der Waals surface area (Å²) in [5.41, 5.74) is 8.93. The Kier molecular flexibility index (Phi) is 2.83. The second-order valence-corrected chi connectivity index (χ2v) is 5.72. The maximum atomic E-state index is 6.17. The van der Waals surface area contributed by atoms with E-state index in [4.69, 9.17) is 5.73 Å². The third kappa shape index (κ3) is 2.06. The number of hydrogen-bond acceptors (Lipinski definition) is 2. The van der Waals surface area contributed by atoms with Gasteiger partial charge in [-0.2, -0.15) is 0 Å². The third-order valence-electron chi connectivity index (χ3n) is 4.31. The van der Waals surface area contributed by atoms with E-state index in [2.05, 4.69) is 36.1 Å². The van der Waals surface area contributed by atoms with E-state index in [0.29, 0.717) is 18.1 Å². The highest BCUT2D eigenvalue weighted by molar-refractivity contribution is 5.51. The largest absolute Gasteiger partial charge is 0.365 e. The molecule has 92 valence electrons. The molecule has 2 saturated heterocycles. The predicted molar refractivity (Wildman–Crippen MR) is 72.3 cm³/mol. The summed E-state index contributed by atoms with van der Waals surface area (Å²) in [5.74, 6) is 0. The van der Waals surface area contributed by atoms with Crippen LogP contribution in [0.2, 0.25) is 0 Å². The molecule has 2 heteroatoms. The van der Waals surface area contributed by atoms with Crippen molar-refractivity contribution in [3.8, 4) is 0 Å². The van der Waals surface area contributed by atoms with Crippen LogP contribution in [0.4, 0.5) is 5.69 Å². The van der Waals surface area contributed by atoms with Gasteiger partial charge < -0.3 is 10.6 Å². The van der Waals surface area contributed by atoms with Crippen LogP contribution in [-0.2, 0) is 0 Å². The van der Waals surface area contributed by atoms with E-state index in [1.54, 1.807) is 0 Å². The van der Waals surface area contributed by atoms with Crippen molar-refractivity contribution in [2.75, 3.05) is 4.90 Å². The van der Waals surface area contributed by atoms with Gasteiger partial charge in [-0.1, -0.05) is 12.1 Å². The summed E-state index contributed by atoms with van der Waals surface area (Å²) < 4.78 is 0. The van der Waals surface area contributed by atoms with Crippen LogP contribution in [0.3, 0.4) is 0 Å². The third-order valence-corrected chi connectivity index (χ3v) is 4.31. The number of piperidine rings is 2. The van der Waals surface area contributed by atoms with Crippen molar-refractivity contribution in [1.82, 2.24) is 0 Å². The van der Waals surface area contributed by atoms with Crippen LogP contribution in [0.1, 0.15) is 37.7 Å². The molecule has 2 atom stereocenters. The van der Waals surface area contributed by atoms with Crippen molar-refractivity contribution in [1.29, 1.82) is 0 Å². The molecular formula is C15H22N2. The molecule has 2 aliphatic heterocycles. The maximum absolute atomic E-state index is 6.17. The summed E-state index contributed by atoms with van der Waals surface area (Å²) in [7, 11) is 0. The van der Waals surface area contributed by atoms with Crippen molar-refractivity contribution in [2.24, 2.45) is 5.73 Å². The van der Waals surface area contributed by atoms with Crippen molar-refractivity contribution in [2.45, 2.75) is 57.2 Å². The van der Waals surface area contributed by atoms with Gasteiger partial charge in [0.2, 0.25) is 0 Å². The number of hydrogen-bond donors (Lipinski definition) is 1. The predicted octanol–water partition coefficient (Wildman–Crippen LogP) is 2.84. The molecule has 2 heterocycles. The molecule has 3 rings (SSSR count). The highest BCUT2D eigenvalue weighted by Gasteiger charge is 2.36. The zero-order valence-corrected chi connectivity index (χ0v) is 10.6. The first-order valence-corrected chi connectivity index (χ1v) is 6.84. The lowest BCUT2D eigenvalue weighted by molar-refractivity contribution is 0.271. The molecule has 0 aromatic heterocycles. The molecule has 17 heavy (non-hydrogen) atoms. The number of nitrogens with zero attached hydrogens (tertiary/aromatic N) is 1. The average molecular weight is 230 g/mol. The van der Waals surface area contributed by atoms with Crippen molar-refractivity contribution in [3.63, 3.8) is 0 Å². The fraction of sp³-hybridized carbons (Fsp3) is 0.600. The minimum Gasteiger partial charge on any atom is -0.365 e. The number of anilines is 1. The zero-order chi connectivity index (χ0) is 11.8. The SMILES string of the molecule is Cc1cccc(N2C3CCCC2CC(N)C3)c1. The molecule has 1 aromatic carbocycles. The summed E-state index contributed by atoms with van der Waals surface area (Å²) in [6.45, 7) is 2.18. The summed E-state index contributed by atoms with van der Waals surface area (Å²) in [4.78, 5) is 2.65. The molecule has 0 radical (unpaired) electrons. The van der Waals surface area contributed by atoms with E-state index in [9.17, 15) is 0 Å². The first-order valence-electron chi connectivity index (χ1n) is 6.84. The number of aryl methyl sites for hydroxylation is 1. The molecule has 2 aliphatic rings. The normalized spacial score (nSPS) is 32.6. The lowest BCUT2D eigenvalue weighted by Crippen LogP contribution is -2.55. The van der Waals surface area contributed by atoms with E-state index in [0.717, 1.165) is 0 Å². The van der Waals surface area contributed by atoms with Gasteiger partial charge in [0.25, 0.3) is 0 Å².